The van der Waals surface area contributed by atoms with Crippen LogP contribution in [0.15, 0.2) is 36.9 Å². The van der Waals surface area contributed by atoms with Gasteiger partial charge in [0.15, 0.2) is 0 Å². The second kappa shape index (κ2) is 5.25. The molecule has 0 aliphatic carbocycles. The van der Waals surface area contributed by atoms with E-state index in [0.29, 0.717) is 0 Å². The van der Waals surface area contributed by atoms with E-state index >= 15 is 0 Å². The number of hydrogen-bond donors (Lipinski definition) is 1. The van der Waals surface area contributed by atoms with Gasteiger partial charge in [-0.05, 0) is 24.0 Å². The predicted molar refractivity (Wildman–Crippen MR) is 75.3 cm³/mol. The van der Waals surface area contributed by atoms with Gasteiger partial charge in [-0.15, -0.1) is 6.58 Å². The van der Waals surface area contributed by atoms with Crippen molar-refractivity contribution >= 4 is 11.8 Å². The summed E-state index contributed by atoms with van der Waals surface area (Å²) in [6.07, 6.45) is 0.673. The Morgan fingerprint density at radius 1 is 1.39 bits per heavy atom. The number of carboxylic acid groups (broad SMARTS) is 1. The van der Waals surface area contributed by atoms with Crippen molar-refractivity contribution < 1.29 is 9.90 Å². The van der Waals surface area contributed by atoms with Crippen LogP contribution in [0.25, 0.3) is 0 Å². The van der Waals surface area contributed by atoms with Crippen LogP contribution in [0.4, 0.5) is 10.5 Å². The summed E-state index contributed by atoms with van der Waals surface area (Å²) < 4.78 is 0. The minimum Gasteiger partial charge on any atom is -0.465 e. The topological polar surface area (TPSA) is 40.5 Å². The Balaban J connectivity index is 3.38. The summed E-state index contributed by atoms with van der Waals surface area (Å²) in [5.41, 5.74) is 1.64. The van der Waals surface area contributed by atoms with Gasteiger partial charge >= 0.3 is 6.09 Å². The summed E-state index contributed by atoms with van der Waals surface area (Å²) in [6, 6.07) is 7.35. The highest BCUT2D eigenvalue weighted by Gasteiger charge is 2.26. The van der Waals surface area contributed by atoms with Gasteiger partial charge < -0.3 is 5.11 Å². The highest BCUT2D eigenvalue weighted by atomic mass is 16.4. The van der Waals surface area contributed by atoms with E-state index in [0.717, 1.165) is 11.3 Å². The number of para-hydroxylation sites is 1. The van der Waals surface area contributed by atoms with Gasteiger partial charge in [-0.1, -0.05) is 45.0 Å². The summed E-state index contributed by atoms with van der Waals surface area (Å²) in [7, 11) is 0. The lowest BCUT2D eigenvalue weighted by atomic mass is 9.85. The van der Waals surface area contributed by atoms with Gasteiger partial charge in [-0.3, -0.25) is 4.90 Å². The molecule has 1 amide bonds. The molecule has 0 heterocycles. The Bertz CT molecular complexity index is 446. The molecule has 1 rings (SSSR count). The summed E-state index contributed by atoms with van der Waals surface area (Å²) in [5.74, 6) is 0. The number of benzene rings is 1. The third-order valence-corrected chi connectivity index (χ3v) is 2.93. The van der Waals surface area contributed by atoms with Gasteiger partial charge in [0.05, 0.1) is 11.7 Å². The summed E-state index contributed by atoms with van der Waals surface area (Å²) in [5, 5.41) is 9.40. The minimum absolute atomic E-state index is 0.106. The molecule has 3 nitrogen and oxygen atoms in total. The summed E-state index contributed by atoms with van der Waals surface area (Å²) in [6.45, 7) is 11.7. The van der Waals surface area contributed by atoms with Gasteiger partial charge in [0.2, 0.25) is 0 Å². The van der Waals surface area contributed by atoms with Crippen molar-refractivity contribution in [3.8, 4) is 0 Å². The maximum absolute atomic E-state index is 11.5. The van der Waals surface area contributed by atoms with E-state index in [1.807, 2.05) is 31.2 Å². The van der Waals surface area contributed by atoms with E-state index in [2.05, 4.69) is 27.4 Å². The van der Waals surface area contributed by atoms with Gasteiger partial charge in [0.25, 0.3) is 0 Å². The summed E-state index contributed by atoms with van der Waals surface area (Å²) >= 11 is 0. The van der Waals surface area contributed by atoms with Crippen molar-refractivity contribution in [3.63, 3.8) is 0 Å². The molecule has 1 atom stereocenters. The average molecular weight is 247 g/mol. The first-order valence-corrected chi connectivity index (χ1v) is 6.03. The molecule has 0 saturated heterocycles. The Hall–Kier alpha value is -1.77. The molecular weight excluding hydrogens is 226 g/mol. The van der Waals surface area contributed by atoms with Gasteiger partial charge in [0.1, 0.15) is 0 Å². The van der Waals surface area contributed by atoms with Crippen molar-refractivity contribution in [2.75, 3.05) is 4.90 Å². The van der Waals surface area contributed by atoms with Gasteiger partial charge in [0, 0.05) is 0 Å². The Kier molecular flexibility index (Phi) is 4.17. The van der Waals surface area contributed by atoms with Crippen LogP contribution in [-0.2, 0) is 5.41 Å². The average Bonchev–Trinajstić information content (AvgIpc) is 2.27. The highest BCUT2D eigenvalue weighted by Crippen LogP contribution is 2.32. The van der Waals surface area contributed by atoms with E-state index in [1.165, 1.54) is 4.90 Å². The van der Waals surface area contributed by atoms with E-state index in [-0.39, 0.29) is 11.5 Å². The predicted octanol–water partition coefficient (Wildman–Crippen LogP) is 4.04. The number of anilines is 1. The number of rotatable bonds is 3. The largest absolute Gasteiger partial charge is 0.465 e. The molecule has 0 bridgehead atoms. The molecule has 0 aliphatic rings. The molecule has 0 aliphatic heterocycles. The molecule has 0 saturated carbocycles. The first-order valence-electron chi connectivity index (χ1n) is 6.03. The zero-order valence-electron chi connectivity index (χ0n) is 11.5. The van der Waals surface area contributed by atoms with E-state index in [4.69, 9.17) is 0 Å². The molecule has 0 spiro atoms. The zero-order chi connectivity index (χ0) is 13.9. The number of carbonyl (C=O) groups is 1. The van der Waals surface area contributed by atoms with Crippen LogP contribution in [0.2, 0.25) is 0 Å². The molecule has 1 aromatic rings. The van der Waals surface area contributed by atoms with Crippen molar-refractivity contribution in [2.45, 2.75) is 39.2 Å². The normalized spacial score (nSPS) is 12.9. The molecule has 1 N–H and O–H groups in total. The molecule has 0 aromatic heterocycles. The molecule has 3 heteroatoms. The van der Waals surface area contributed by atoms with Gasteiger partial charge in [-0.2, -0.15) is 0 Å². The Morgan fingerprint density at radius 2 is 1.94 bits per heavy atom. The van der Waals surface area contributed by atoms with Crippen molar-refractivity contribution in [1.82, 2.24) is 0 Å². The van der Waals surface area contributed by atoms with Crippen LogP contribution in [0, 0.1) is 0 Å². The van der Waals surface area contributed by atoms with Crippen molar-refractivity contribution in [3.05, 3.63) is 42.5 Å². The van der Waals surface area contributed by atoms with Crippen LogP contribution in [0.5, 0.6) is 0 Å². The molecule has 18 heavy (non-hydrogen) atoms. The second-order valence-electron chi connectivity index (χ2n) is 5.40. The maximum Gasteiger partial charge on any atom is 0.412 e. The third-order valence-electron chi connectivity index (χ3n) is 2.93. The number of amides is 1. The highest BCUT2D eigenvalue weighted by molar-refractivity contribution is 5.88. The van der Waals surface area contributed by atoms with E-state index < -0.39 is 6.09 Å². The lowest BCUT2D eigenvalue weighted by molar-refractivity contribution is 0.200. The second-order valence-corrected chi connectivity index (χ2v) is 5.40. The molecule has 1 aromatic carbocycles. The van der Waals surface area contributed by atoms with Crippen molar-refractivity contribution in [1.29, 1.82) is 0 Å². The molecule has 0 unspecified atom stereocenters. The standard InChI is InChI=1S/C15H21NO2/c1-6-11(2)16(14(17)18)13-10-8-7-9-12(13)15(3,4)5/h6-11H,1H2,2-5H3,(H,17,18)/t11-/m0/s1. The lowest BCUT2D eigenvalue weighted by Gasteiger charge is -2.30. The van der Waals surface area contributed by atoms with Gasteiger partial charge in [-0.25, -0.2) is 4.79 Å². The third kappa shape index (κ3) is 2.92. The SMILES string of the molecule is C=C[C@H](C)N(C(=O)O)c1ccccc1C(C)(C)C. The Morgan fingerprint density at radius 3 is 2.39 bits per heavy atom. The van der Waals surface area contributed by atoms with Crippen LogP contribution < -0.4 is 4.90 Å². The smallest absolute Gasteiger partial charge is 0.412 e. The fourth-order valence-corrected chi connectivity index (χ4v) is 1.92. The number of hydrogen-bond acceptors (Lipinski definition) is 1. The maximum atomic E-state index is 11.5. The summed E-state index contributed by atoms with van der Waals surface area (Å²) in [4.78, 5) is 12.8. The molecule has 98 valence electrons. The van der Waals surface area contributed by atoms with Crippen LogP contribution in [-0.4, -0.2) is 17.2 Å². The molecule has 0 radical (unpaired) electrons. The Labute approximate surface area is 109 Å². The minimum atomic E-state index is -0.959. The molecule has 0 fully saturated rings. The first kappa shape index (κ1) is 14.3. The number of nitrogens with zero attached hydrogens (tertiary/aromatic N) is 1. The fraction of sp³-hybridized carbons (Fsp3) is 0.400. The van der Waals surface area contributed by atoms with E-state index in [9.17, 15) is 9.90 Å². The van der Waals surface area contributed by atoms with E-state index in [1.54, 1.807) is 6.08 Å². The van der Waals surface area contributed by atoms with Crippen molar-refractivity contribution in [2.24, 2.45) is 0 Å². The van der Waals surface area contributed by atoms with Crippen LogP contribution >= 0.6 is 0 Å². The lowest BCUT2D eigenvalue weighted by Crippen LogP contribution is -2.38. The monoisotopic (exact) mass is 247 g/mol. The quantitative estimate of drug-likeness (QED) is 0.819. The zero-order valence-corrected chi connectivity index (χ0v) is 11.5. The van der Waals surface area contributed by atoms with Crippen LogP contribution in [0.3, 0.4) is 0 Å². The molecular formula is C15H21NO2. The van der Waals surface area contributed by atoms with Crippen LogP contribution in [0.1, 0.15) is 33.3 Å². The fourth-order valence-electron chi connectivity index (χ4n) is 1.92. The first-order chi connectivity index (χ1) is 8.29.